The van der Waals surface area contributed by atoms with Crippen LogP contribution in [0, 0.1) is 20.2 Å². The minimum atomic E-state index is -0.147. The number of hydrogen-bond donors (Lipinski definition) is 1. The number of benzene rings is 7. The van der Waals surface area contributed by atoms with Gasteiger partial charge in [-0.25, -0.2) is 4.98 Å². The molecule has 61 heavy (non-hydrogen) atoms. The van der Waals surface area contributed by atoms with Crippen molar-refractivity contribution in [3.63, 3.8) is 0 Å². The fourth-order valence-corrected chi connectivity index (χ4v) is 8.71. The minimum Gasteiger partial charge on any atom is -0.458 e. The van der Waals surface area contributed by atoms with E-state index in [-0.39, 0.29) is 12.4 Å². The van der Waals surface area contributed by atoms with Gasteiger partial charge < -0.3 is 14.8 Å². The second-order valence-corrected chi connectivity index (χ2v) is 16.9. The first-order valence-corrected chi connectivity index (χ1v) is 20.9. The standard InChI is InChI=1S/C54H46BN5O/c1-37-18-14-19-38(2)51(37)55-57-48-28-17-31-56-53(48)60(55)43-32-41(54(3,4)5)33-45(35-43)61-44-25-15-24-42(34-44)58-36-59(50-30-13-12-29-49(50)58)52-46(39-20-8-6-9-21-39)26-16-27-47(52)40-22-10-7-11-23-40/h6-35,57H,1-5H3. The molecule has 0 fully saturated rings. The van der Waals surface area contributed by atoms with Gasteiger partial charge in [-0.15, -0.1) is 0 Å². The van der Waals surface area contributed by atoms with Crippen LogP contribution in [0.4, 0.5) is 17.2 Å². The Balaban J connectivity index is 1.08. The van der Waals surface area contributed by atoms with Gasteiger partial charge in [-0.1, -0.05) is 159 Å². The number of hydrogen-bond acceptors (Lipinski definition) is 4. The third-order valence-corrected chi connectivity index (χ3v) is 11.7. The maximum atomic E-state index is 6.91. The largest absolute Gasteiger partial charge is 0.458 e. The van der Waals surface area contributed by atoms with Gasteiger partial charge in [-0.3, -0.25) is 9.13 Å². The molecule has 0 bridgehead atoms. The first kappa shape index (κ1) is 37.9. The van der Waals surface area contributed by atoms with Crippen molar-refractivity contribution in [2.45, 2.75) is 40.0 Å². The Morgan fingerprint density at radius 3 is 1.97 bits per heavy atom. The summed E-state index contributed by atoms with van der Waals surface area (Å²) >= 11 is 0. The van der Waals surface area contributed by atoms with Gasteiger partial charge in [-0.05, 0) is 95.0 Å². The summed E-state index contributed by atoms with van der Waals surface area (Å²) < 4.78 is 11.3. The molecule has 1 aliphatic rings. The molecule has 3 heterocycles. The van der Waals surface area contributed by atoms with E-state index >= 15 is 0 Å². The summed E-state index contributed by atoms with van der Waals surface area (Å²) in [5, 5.41) is 3.80. The lowest BCUT2D eigenvalue weighted by Crippen LogP contribution is -2.50. The molecular formula is C54H46BN5O. The Morgan fingerprint density at radius 1 is 0.623 bits per heavy atom. The molecule has 0 amide bonds. The number of aromatic nitrogens is 3. The molecule has 0 saturated carbocycles. The van der Waals surface area contributed by atoms with Crippen LogP contribution < -0.4 is 24.8 Å². The zero-order valence-corrected chi connectivity index (χ0v) is 35.1. The minimum absolute atomic E-state index is 0.142. The molecule has 6 nitrogen and oxygen atoms in total. The second kappa shape index (κ2) is 15.3. The van der Waals surface area contributed by atoms with Crippen molar-refractivity contribution in [2.24, 2.45) is 0 Å². The molecule has 0 unspecified atom stereocenters. The second-order valence-electron chi connectivity index (χ2n) is 16.9. The monoisotopic (exact) mass is 791 g/mol. The SMILES string of the molecule is Cc1cccc(C)c1B1Nc2cccnc2N1c1cc(Oc2cccc(-n3[c-][n+](-c4c(-c5ccccc5)cccc4-c4ccccc4)c4ccccc43)c2)cc(C(C)(C)C)c1. The summed E-state index contributed by atoms with van der Waals surface area (Å²) in [6.45, 7) is 11.0. The summed E-state index contributed by atoms with van der Waals surface area (Å²) in [4.78, 5) is 7.23. The predicted molar refractivity (Wildman–Crippen MR) is 251 cm³/mol. The molecule has 9 aromatic rings. The number of pyridine rings is 1. The van der Waals surface area contributed by atoms with E-state index in [1.807, 2.05) is 18.3 Å². The molecule has 0 spiro atoms. The topological polar surface area (TPSA) is 46.2 Å². The first-order valence-electron chi connectivity index (χ1n) is 20.9. The quantitative estimate of drug-likeness (QED) is 0.0946. The fourth-order valence-electron chi connectivity index (χ4n) is 8.71. The number of aryl methyl sites for hydroxylation is 2. The normalized spacial score (nSPS) is 12.4. The Bertz CT molecular complexity index is 2980. The third kappa shape index (κ3) is 7.02. The van der Waals surface area contributed by atoms with E-state index in [2.05, 4.69) is 224 Å². The summed E-state index contributed by atoms with van der Waals surface area (Å²) in [5.41, 5.74) is 15.4. The van der Waals surface area contributed by atoms with Crippen molar-refractivity contribution >= 4 is 40.7 Å². The molecule has 1 aliphatic heterocycles. The Morgan fingerprint density at radius 2 is 1.26 bits per heavy atom. The molecule has 1 N–H and O–H groups in total. The smallest absolute Gasteiger partial charge is 0.415 e. The lowest BCUT2D eigenvalue weighted by Gasteiger charge is -2.29. The van der Waals surface area contributed by atoms with Crippen molar-refractivity contribution in [3.8, 4) is 45.1 Å². The van der Waals surface area contributed by atoms with E-state index in [9.17, 15) is 0 Å². The third-order valence-electron chi connectivity index (χ3n) is 11.7. The molecule has 0 radical (unpaired) electrons. The number of anilines is 3. The maximum absolute atomic E-state index is 6.91. The first-order chi connectivity index (χ1) is 29.7. The van der Waals surface area contributed by atoms with Gasteiger partial charge >= 0.3 is 6.98 Å². The zero-order chi connectivity index (χ0) is 41.7. The average Bonchev–Trinajstić information content (AvgIpc) is 3.86. The van der Waals surface area contributed by atoms with Gasteiger partial charge in [0.15, 0.2) is 0 Å². The lowest BCUT2D eigenvalue weighted by atomic mass is 9.63. The molecule has 0 aliphatic carbocycles. The van der Waals surface area contributed by atoms with Crippen LogP contribution in [0.5, 0.6) is 11.5 Å². The highest BCUT2D eigenvalue weighted by molar-refractivity contribution is 6.83. The molecule has 0 atom stereocenters. The number of para-hydroxylation sites is 3. The summed E-state index contributed by atoms with van der Waals surface area (Å²) in [5.74, 6) is 2.37. The van der Waals surface area contributed by atoms with Crippen LogP contribution in [0.3, 0.4) is 0 Å². The van der Waals surface area contributed by atoms with Gasteiger partial charge in [0, 0.05) is 18.0 Å². The number of imidazole rings is 1. The fraction of sp³-hybridized carbons (Fsp3) is 0.111. The van der Waals surface area contributed by atoms with E-state index in [4.69, 9.17) is 9.72 Å². The Kier molecular flexibility index (Phi) is 9.52. The molecule has 7 aromatic carbocycles. The van der Waals surface area contributed by atoms with Crippen LogP contribution in [-0.2, 0) is 5.41 Å². The van der Waals surface area contributed by atoms with Crippen molar-refractivity contribution in [3.05, 3.63) is 205 Å². The van der Waals surface area contributed by atoms with Gasteiger partial charge in [0.05, 0.1) is 28.1 Å². The zero-order valence-electron chi connectivity index (χ0n) is 35.1. The van der Waals surface area contributed by atoms with E-state index < -0.39 is 0 Å². The Labute approximate surface area is 358 Å². The highest BCUT2D eigenvalue weighted by Crippen LogP contribution is 2.42. The maximum Gasteiger partial charge on any atom is 0.415 e. The van der Waals surface area contributed by atoms with E-state index in [0.29, 0.717) is 0 Å². The summed E-state index contributed by atoms with van der Waals surface area (Å²) in [6.07, 6.45) is 5.67. The highest BCUT2D eigenvalue weighted by atomic mass is 16.5. The molecule has 296 valence electrons. The van der Waals surface area contributed by atoms with Crippen LogP contribution in [-0.4, -0.2) is 16.5 Å². The van der Waals surface area contributed by atoms with Crippen molar-refractivity contribution < 1.29 is 9.30 Å². The number of nitrogens with zero attached hydrogens (tertiary/aromatic N) is 4. The van der Waals surface area contributed by atoms with E-state index in [1.54, 1.807) is 0 Å². The average molecular weight is 792 g/mol. The highest BCUT2D eigenvalue weighted by Gasteiger charge is 2.39. The molecule has 2 aromatic heterocycles. The van der Waals surface area contributed by atoms with Gasteiger partial charge in [-0.2, -0.15) is 0 Å². The predicted octanol–water partition coefficient (Wildman–Crippen LogP) is 12.1. The molecular weight excluding hydrogens is 745 g/mol. The van der Waals surface area contributed by atoms with Crippen molar-refractivity contribution in [1.82, 2.24) is 9.55 Å². The summed E-state index contributed by atoms with van der Waals surface area (Å²) in [6, 6.07) is 61.8. The van der Waals surface area contributed by atoms with Gasteiger partial charge in [0.25, 0.3) is 6.33 Å². The van der Waals surface area contributed by atoms with Crippen molar-refractivity contribution in [2.75, 3.05) is 10.0 Å². The lowest BCUT2D eigenvalue weighted by molar-refractivity contribution is -0.571. The number of fused-ring (bicyclic) bond motifs is 2. The molecule has 0 saturated heterocycles. The number of ether oxygens (including phenoxy) is 1. The number of nitrogens with one attached hydrogen (secondary N) is 1. The van der Waals surface area contributed by atoms with E-state index in [0.717, 1.165) is 78.9 Å². The molecule has 7 heteroatoms. The van der Waals surface area contributed by atoms with Crippen molar-refractivity contribution in [1.29, 1.82) is 0 Å². The van der Waals surface area contributed by atoms with E-state index in [1.165, 1.54) is 16.6 Å². The van der Waals surface area contributed by atoms with Gasteiger partial charge in [0.2, 0.25) is 0 Å². The van der Waals surface area contributed by atoms with Gasteiger partial charge in [0.1, 0.15) is 17.3 Å². The Hall–Kier alpha value is -7.38. The van der Waals surface area contributed by atoms with Crippen LogP contribution in [0.15, 0.2) is 182 Å². The molecule has 10 rings (SSSR count). The number of rotatable bonds is 8. The van der Waals surface area contributed by atoms with Crippen LogP contribution in [0.1, 0.15) is 37.5 Å². The van der Waals surface area contributed by atoms with Crippen LogP contribution in [0.25, 0.3) is 44.7 Å². The summed E-state index contributed by atoms with van der Waals surface area (Å²) in [7, 11) is 0. The van der Waals surface area contributed by atoms with Crippen LogP contribution >= 0.6 is 0 Å². The van der Waals surface area contributed by atoms with Crippen LogP contribution in [0.2, 0.25) is 0 Å².